The van der Waals surface area contributed by atoms with Crippen molar-refractivity contribution in [2.45, 2.75) is 88.4 Å². The van der Waals surface area contributed by atoms with Crippen molar-refractivity contribution in [3.8, 4) is 11.5 Å². The van der Waals surface area contributed by atoms with E-state index in [4.69, 9.17) is 15.2 Å². The lowest BCUT2D eigenvalue weighted by Crippen LogP contribution is -2.30. The SMILES string of the molecule is COc1ccc(CN(Cc2ccc(OC)cc2)S(=O)(=O)c2ccn(CCCCCC3CCc4cc5c(c(N)c43)CCC5)n2)cc1. The van der Waals surface area contributed by atoms with E-state index in [1.807, 2.05) is 48.5 Å². The molecule has 3 aromatic carbocycles. The van der Waals surface area contributed by atoms with Gasteiger partial charge in [-0.2, -0.15) is 9.40 Å². The lowest BCUT2D eigenvalue weighted by atomic mass is 9.90. The number of sulfonamides is 1. The lowest BCUT2D eigenvalue weighted by Gasteiger charge is -2.21. The van der Waals surface area contributed by atoms with Gasteiger partial charge in [0.1, 0.15) is 11.5 Å². The number of rotatable bonds is 14. The van der Waals surface area contributed by atoms with E-state index < -0.39 is 10.0 Å². The number of unbranched alkanes of at least 4 members (excludes halogenated alkanes) is 2. The van der Waals surface area contributed by atoms with Gasteiger partial charge in [0.15, 0.2) is 5.03 Å². The summed E-state index contributed by atoms with van der Waals surface area (Å²) in [4.78, 5) is 0. The van der Waals surface area contributed by atoms with Crippen molar-refractivity contribution in [2.24, 2.45) is 0 Å². The molecule has 1 heterocycles. The van der Waals surface area contributed by atoms with Crippen LogP contribution in [0, 0.1) is 0 Å². The predicted octanol–water partition coefficient (Wildman–Crippen LogP) is 6.65. The van der Waals surface area contributed by atoms with Crippen LogP contribution in [0.15, 0.2) is 71.9 Å². The highest BCUT2D eigenvalue weighted by Gasteiger charge is 2.29. The van der Waals surface area contributed by atoms with Crippen molar-refractivity contribution in [1.29, 1.82) is 0 Å². The van der Waals surface area contributed by atoms with E-state index in [0.717, 1.165) is 66.8 Å². The number of hydrogen-bond acceptors (Lipinski definition) is 6. The maximum atomic E-state index is 13.9. The fourth-order valence-electron chi connectivity index (χ4n) is 6.98. The van der Waals surface area contributed by atoms with Crippen LogP contribution >= 0.6 is 0 Å². The second-order valence-corrected chi connectivity index (χ2v) is 14.2. The molecular weight excluding hydrogens is 584 g/mol. The van der Waals surface area contributed by atoms with Gasteiger partial charge in [0.25, 0.3) is 10.0 Å². The Bertz CT molecular complexity index is 1670. The zero-order valence-electron chi connectivity index (χ0n) is 26.4. The third-order valence-corrected chi connectivity index (χ3v) is 11.1. The minimum atomic E-state index is -3.86. The van der Waals surface area contributed by atoms with E-state index >= 15 is 0 Å². The second kappa shape index (κ2) is 13.7. The number of aryl methyl sites for hydroxylation is 3. The van der Waals surface area contributed by atoms with Crippen LogP contribution in [0.1, 0.15) is 77.8 Å². The third kappa shape index (κ3) is 6.89. The van der Waals surface area contributed by atoms with Crippen LogP contribution in [-0.2, 0) is 48.9 Å². The van der Waals surface area contributed by atoms with Gasteiger partial charge < -0.3 is 15.2 Å². The summed E-state index contributed by atoms with van der Waals surface area (Å²) in [6.45, 7) is 1.11. The largest absolute Gasteiger partial charge is 0.497 e. The molecule has 0 saturated carbocycles. The highest BCUT2D eigenvalue weighted by Crippen LogP contribution is 2.44. The van der Waals surface area contributed by atoms with Crippen LogP contribution in [0.25, 0.3) is 0 Å². The molecule has 4 aromatic rings. The maximum Gasteiger partial charge on any atom is 0.262 e. The summed E-state index contributed by atoms with van der Waals surface area (Å²) in [5.41, 5.74) is 15.3. The number of nitrogens with two attached hydrogens (primary N) is 1. The molecule has 1 atom stereocenters. The minimum Gasteiger partial charge on any atom is -0.497 e. The molecule has 45 heavy (non-hydrogen) atoms. The standard InChI is InChI=1S/C36H44N4O4S/c1-43-31-16-10-26(11-17-31)24-40(25-27-12-18-32(44-2)19-13-27)45(41,42)34-20-22-39(38-34)21-5-3-4-7-28-14-15-30-23-29-8-6-9-33(29)36(37)35(28)30/h10-13,16-20,22-23,28H,3-9,14-15,21,24-25,37H2,1-2H3. The number of methoxy groups -OCH3 is 2. The fraction of sp³-hybridized carbons (Fsp3) is 0.417. The highest BCUT2D eigenvalue weighted by atomic mass is 32.2. The summed E-state index contributed by atoms with van der Waals surface area (Å²) in [6.07, 6.45) is 12.0. The number of hydrogen-bond donors (Lipinski definition) is 1. The topological polar surface area (TPSA) is 99.7 Å². The predicted molar refractivity (Wildman–Crippen MR) is 177 cm³/mol. The van der Waals surface area contributed by atoms with Crippen LogP contribution < -0.4 is 15.2 Å². The average Bonchev–Trinajstić information content (AvgIpc) is 3.82. The van der Waals surface area contributed by atoms with E-state index in [0.29, 0.717) is 12.5 Å². The summed E-state index contributed by atoms with van der Waals surface area (Å²) >= 11 is 0. The van der Waals surface area contributed by atoms with Crippen LogP contribution in [0.3, 0.4) is 0 Å². The van der Waals surface area contributed by atoms with E-state index in [2.05, 4.69) is 11.2 Å². The monoisotopic (exact) mass is 628 g/mol. The van der Waals surface area contributed by atoms with Gasteiger partial charge in [0.05, 0.1) is 14.2 Å². The second-order valence-electron chi connectivity index (χ2n) is 12.3. The molecule has 0 bridgehead atoms. The molecule has 238 valence electrons. The molecule has 0 saturated heterocycles. The van der Waals surface area contributed by atoms with Gasteiger partial charge in [-0.1, -0.05) is 43.2 Å². The molecule has 0 aliphatic heterocycles. The van der Waals surface area contributed by atoms with E-state index in [-0.39, 0.29) is 18.1 Å². The molecular formula is C36H44N4O4S. The molecule has 8 nitrogen and oxygen atoms in total. The quantitative estimate of drug-likeness (QED) is 0.124. The molecule has 0 amide bonds. The van der Waals surface area contributed by atoms with Crippen molar-refractivity contribution >= 4 is 15.7 Å². The van der Waals surface area contributed by atoms with Crippen molar-refractivity contribution in [3.05, 3.63) is 100 Å². The van der Waals surface area contributed by atoms with Gasteiger partial charge in [-0.3, -0.25) is 4.68 Å². The highest BCUT2D eigenvalue weighted by molar-refractivity contribution is 7.89. The number of anilines is 1. The Kier molecular flexibility index (Phi) is 9.47. The fourth-order valence-corrected chi connectivity index (χ4v) is 8.33. The first-order valence-corrected chi connectivity index (χ1v) is 17.5. The van der Waals surface area contributed by atoms with Crippen molar-refractivity contribution in [3.63, 3.8) is 0 Å². The average molecular weight is 629 g/mol. The molecule has 6 rings (SSSR count). The number of benzene rings is 3. The summed E-state index contributed by atoms with van der Waals surface area (Å²) < 4.78 is 41.6. The van der Waals surface area contributed by atoms with E-state index in [1.165, 1.54) is 45.8 Å². The summed E-state index contributed by atoms with van der Waals surface area (Å²) in [5, 5.41) is 4.59. The molecule has 1 aromatic heterocycles. The number of aromatic nitrogens is 2. The van der Waals surface area contributed by atoms with E-state index in [1.54, 1.807) is 31.2 Å². The zero-order chi connectivity index (χ0) is 31.4. The molecule has 2 N–H and O–H groups in total. The smallest absolute Gasteiger partial charge is 0.262 e. The Morgan fingerprint density at radius 3 is 2.18 bits per heavy atom. The number of nitrogens with zero attached hydrogens (tertiary/aromatic N) is 3. The van der Waals surface area contributed by atoms with Gasteiger partial charge in [-0.25, -0.2) is 8.42 Å². The molecule has 0 fully saturated rings. The lowest BCUT2D eigenvalue weighted by molar-refractivity contribution is 0.394. The normalized spacial score (nSPS) is 15.8. The molecule has 2 aliphatic carbocycles. The van der Waals surface area contributed by atoms with Gasteiger partial charge in [-0.15, -0.1) is 0 Å². The first kappa shape index (κ1) is 31.2. The summed E-state index contributed by atoms with van der Waals surface area (Å²) in [6, 6.07) is 19.0. The first-order valence-electron chi connectivity index (χ1n) is 16.1. The summed E-state index contributed by atoms with van der Waals surface area (Å²) in [7, 11) is -0.640. The Hall–Kier alpha value is -3.82. The van der Waals surface area contributed by atoms with Gasteiger partial charge in [0, 0.05) is 31.5 Å². The minimum absolute atomic E-state index is 0.0649. The van der Waals surface area contributed by atoms with Crippen LogP contribution in [0.2, 0.25) is 0 Å². The van der Waals surface area contributed by atoms with Crippen LogP contribution in [0.5, 0.6) is 11.5 Å². The van der Waals surface area contributed by atoms with Crippen molar-refractivity contribution in [1.82, 2.24) is 14.1 Å². The van der Waals surface area contributed by atoms with Crippen molar-refractivity contribution < 1.29 is 17.9 Å². The van der Waals surface area contributed by atoms with Gasteiger partial charge in [-0.05, 0) is 115 Å². The van der Waals surface area contributed by atoms with Crippen LogP contribution in [-0.4, -0.2) is 36.7 Å². The maximum absolute atomic E-state index is 13.9. The Labute approximate surface area is 267 Å². The Balaban J connectivity index is 1.07. The molecule has 1 unspecified atom stereocenters. The molecule has 9 heteroatoms. The molecule has 0 radical (unpaired) electrons. The van der Waals surface area contributed by atoms with Crippen molar-refractivity contribution in [2.75, 3.05) is 20.0 Å². The number of ether oxygens (including phenoxy) is 2. The molecule has 0 spiro atoms. The summed E-state index contributed by atoms with van der Waals surface area (Å²) in [5.74, 6) is 2.01. The molecule has 2 aliphatic rings. The first-order chi connectivity index (χ1) is 21.9. The number of nitrogen functional groups attached to an aromatic ring is 1. The van der Waals surface area contributed by atoms with Crippen LogP contribution in [0.4, 0.5) is 5.69 Å². The Morgan fingerprint density at radius 1 is 0.867 bits per heavy atom. The van der Waals surface area contributed by atoms with Gasteiger partial charge >= 0.3 is 0 Å². The van der Waals surface area contributed by atoms with Gasteiger partial charge in [0.2, 0.25) is 0 Å². The zero-order valence-corrected chi connectivity index (χ0v) is 27.2. The Morgan fingerprint density at radius 2 is 1.53 bits per heavy atom. The third-order valence-electron chi connectivity index (χ3n) is 9.44. The van der Waals surface area contributed by atoms with E-state index in [9.17, 15) is 8.42 Å². The number of fused-ring (bicyclic) bond motifs is 2.